The minimum absolute atomic E-state index is 0.0796. The fraction of sp³-hybridized carbons (Fsp3) is 0.300. The van der Waals surface area contributed by atoms with Gasteiger partial charge in [0.2, 0.25) is 0 Å². The number of anilines is 1. The normalized spacial score (nSPS) is 10.4. The van der Waals surface area contributed by atoms with Crippen molar-refractivity contribution in [2.75, 3.05) is 11.9 Å². The second kappa shape index (κ2) is 4.96. The van der Waals surface area contributed by atoms with Gasteiger partial charge in [0.05, 0.1) is 11.2 Å². The molecule has 0 unspecified atom stereocenters. The highest BCUT2D eigenvalue weighted by atomic mass is 32.1. The average molecular weight is 252 g/mol. The number of nitrogens with one attached hydrogen (secondary N) is 1. The van der Waals surface area contributed by atoms with Crippen LogP contribution >= 0.6 is 11.3 Å². The summed E-state index contributed by atoms with van der Waals surface area (Å²) in [5, 5.41) is 16.7. The molecule has 0 amide bonds. The molecule has 2 aromatic rings. The first-order valence-corrected chi connectivity index (χ1v) is 5.94. The van der Waals surface area contributed by atoms with E-state index in [0.717, 1.165) is 12.1 Å². The molecule has 0 spiro atoms. The fourth-order valence-corrected chi connectivity index (χ4v) is 2.13. The minimum atomic E-state index is -1.01. The standard InChI is InChI=1S/C10H12N4O2S/c1-14-5-3-7(13-14)2-4-11-9-8(10(15)16)12-6-17-9/h3,5-6,11H,2,4H2,1H3,(H,15,16). The summed E-state index contributed by atoms with van der Waals surface area (Å²) in [6, 6.07) is 1.94. The molecule has 2 rings (SSSR count). The van der Waals surface area contributed by atoms with Crippen LogP contribution in [0, 0.1) is 0 Å². The summed E-state index contributed by atoms with van der Waals surface area (Å²) in [5.74, 6) is -1.01. The first-order valence-electron chi connectivity index (χ1n) is 5.06. The Morgan fingerprint density at radius 2 is 2.47 bits per heavy atom. The second-order valence-electron chi connectivity index (χ2n) is 3.49. The second-order valence-corrected chi connectivity index (χ2v) is 4.35. The summed E-state index contributed by atoms with van der Waals surface area (Å²) in [6.45, 7) is 0.638. The van der Waals surface area contributed by atoms with Crippen molar-refractivity contribution in [3.8, 4) is 0 Å². The van der Waals surface area contributed by atoms with E-state index in [1.165, 1.54) is 16.8 Å². The number of hydrogen-bond acceptors (Lipinski definition) is 5. The van der Waals surface area contributed by atoms with Gasteiger partial charge < -0.3 is 10.4 Å². The number of carboxylic acid groups (broad SMARTS) is 1. The number of aryl methyl sites for hydroxylation is 1. The Bertz CT molecular complexity index is 520. The van der Waals surface area contributed by atoms with Gasteiger partial charge in [-0.25, -0.2) is 9.78 Å². The van der Waals surface area contributed by atoms with E-state index in [0.29, 0.717) is 11.5 Å². The highest BCUT2D eigenvalue weighted by Crippen LogP contribution is 2.19. The quantitative estimate of drug-likeness (QED) is 0.836. The highest BCUT2D eigenvalue weighted by molar-refractivity contribution is 7.14. The maximum atomic E-state index is 10.8. The third kappa shape index (κ3) is 2.82. The zero-order valence-electron chi connectivity index (χ0n) is 9.25. The van der Waals surface area contributed by atoms with Crippen LogP contribution in [0.4, 0.5) is 5.00 Å². The van der Waals surface area contributed by atoms with Crippen LogP contribution in [0.25, 0.3) is 0 Å². The first-order chi connectivity index (χ1) is 8.16. The highest BCUT2D eigenvalue weighted by Gasteiger charge is 2.12. The van der Waals surface area contributed by atoms with Crippen molar-refractivity contribution in [3.05, 3.63) is 29.2 Å². The lowest BCUT2D eigenvalue weighted by Gasteiger charge is -2.02. The topological polar surface area (TPSA) is 80.0 Å². The van der Waals surface area contributed by atoms with E-state index in [4.69, 9.17) is 5.11 Å². The number of carbonyl (C=O) groups is 1. The van der Waals surface area contributed by atoms with Gasteiger partial charge in [0.1, 0.15) is 5.00 Å². The van der Waals surface area contributed by atoms with Crippen LogP contribution in [0.1, 0.15) is 16.2 Å². The van der Waals surface area contributed by atoms with E-state index in [1.54, 1.807) is 4.68 Å². The molecule has 0 atom stereocenters. The van der Waals surface area contributed by atoms with Crippen molar-refractivity contribution >= 4 is 22.3 Å². The number of carboxylic acids is 1. The summed E-state index contributed by atoms with van der Waals surface area (Å²) in [6.07, 6.45) is 2.63. The van der Waals surface area contributed by atoms with Crippen molar-refractivity contribution in [1.82, 2.24) is 14.8 Å². The van der Waals surface area contributed by atoms with Crippen LogP contribution in [0.5, 0.6) is 0 Å². The maximum Gasteiger partial charge on any atom is 0.357 e. The predicted octanol–water partition coefficient (Wildman–Crippen LogP) is 1.23. The smallest absolute Gasteiger partial charge is 0.357 e. The summed E-state index contributed by atoms with van der Waals surface area (Å²) >= 11 is 1.29. The molecule has 7 heteroatoms. The number of thiazole rings is 1. The van der Waals surface area contributed by atoms with Crippen LogP contribution in [-0.4, -0.2) is 32.4 Å². The maximum absolute atomic E-state index is 10.8. The molecular formula is C10H12N4O2S. The van der Waals surface area contributed by atoms with Crippen LogP contribution < -0.4 is 5.32 Å². The van der Waals surface area contributed by atoms with Gasteiger partial charge in [0, 0.05) is 26.2 Å². The van der Waals surface area contributed by atoms with Crippen LogP contribution in [0.2, 0.25) is 0 Å². The third-order valence-corrected chi connectivity index (χ3v) is 2.99. The largest absolute Gasteiger partial charge is 0.476 e. The molecule has 0 aliphatic carbocycles. The summed E-state index contributed by atoms with van der Waals surface area (Å²) < 4.78 is 1.74. The molecule has 2 aromatic heterocycles. The van der Waals surface area contributed by atoms with E-state index in [-0.39, 0.29) is 5.69 Å². The van der Waals surface area contributed by atoms with E-state index in [1.807, 2.05) is 19.3 Å². The summed E-state index contributed by atoms with van der Waals surface area (Å²) in [4.78, 5) is 14.6. The molecule has 17 heavy (non-hydrogen) atoms. The molecule has 0 saturated carbocycles. The van der Waals surface area contributed by atoms with Crippen molar-refractivity contribution in [2.24, 2.45) is 7.05 Å². The molecule has 0 aliphatic rings. The Morgan fingerprint density at radius 3 is 3.12 bits per heavy atom. The molecular weight excluding hydrogens is 240 g/mol. The molecule has 0 fully saturated rings. The molecule has 2 N–H and O–H groups in total. The number of nitrogens with zero attached hydrogens (tertiary/aromatic N) is 3. The lowest BCUT2D eigenvalue weighted by atomic mass is 10.3. The SMILES string of the molecule is Cn1ccc(CCNc2scnc2C(=O)O)n1. The summed E-state index contributed by atoms with van der Waals surface area (Å²) in [7, 11) is 1.86. The Labute approximate surface area is 102 Å². The molecule has 0 bridgehead atoms. The van der Waals surface area contributed by atoms with E-state index >= 15 is 0 Å². The van der Waals surface area contributed by atoms with Gasteiger partial charge in [0.15, 0.2) is 5.69 Å². The summed E-state index contributed by atoms with van der Waals surface area (Å²) in [5.41, 5.74) is 2.57. The van der Waals surface area contributed by atoms with E-state index in [2.05, 4.69) is 15.4 Å². The molecule has 2 heterocycles. The molecule has 0 radical (unpaired) electrons. The lowest BCUT2D eigenvalue weighted by Crippen LogP contribution is -2.08. The van der Waals surface area contributed by atoms with Crippen molar-refractivity contribution in [3.63, 3.8) is 0 Å². The number of aromatic nitrogens is 3. The van der Waals surface area contributed by atoms with Crippen molar-refractivity contribution in [1.29, 1.82) is 0 Å². The zero-order chi connectivity index (χ0) is 12.3. The first kappa shape index (κ1) is 11.6. The molecule has 6 nitrogen and oxygen atoms in total. The minimum Gasteiger partial charge on any atom is -0.476 e. The Hall–Kier alpha value is -1.89. The van der Waals surface area contributed by atoms with E-state index < -0.39 is 5.97 Å². The van der Waals surface area contributed by atoms with Gasteiger partial charge in [-0.2, -0.15) is 5.10 Å². The molecule has 0 aliphatic heterocycles. The third-order valence-electron chi connectivity index (χ3n) is 2.21. The Balaban J connectivity index is 1.90. The molecule has 0 saturated heterocycles. The van der Waals surface area contributed by atoms with Gasteiger partial charge in [0.25, 0.3) is 0 Å². The van der Waals surface area contributed by atoms with Gasteiger partial charge in [-0.1, -0.05) is 0 Å². The van der Waals surface area contributed by atoms with Gasteiger partial charge in [-0.3, -0.25) is 4.68 Å². The van der Waals surface area contributed by atoms with Gasteiger partial charge in [-0.15, -0.1) is 11.3 Å². The number of hydrogen-bond donors (Lipinski definition) is 2. The monoisotopic (exact) mass is 252 g/mol. The number of rotatable bonds is 5. The van der Waals surface area contributed by atoms with Crippen LogP contribution in [0.3, 0.4) is 0 Å². The zero-order valence-corrected chi connectivity index (χ0v) is 10.1. The van der Waals surface area contributed by atoms with Crippen molar-refractivity contribution in [2.45, 2.75) is 6.42 Å². The molecule has 0 aromatic carbocycles. The van der Waals surface area contributed by atoms with Crippen LogP contribution in [-0.2, 0) is 13.5 Å². The van der Waals surface area contributed by atoms with E-state index in [9.17, 15) is 4.79 Å². The Morgan fingerprint density at radius 1 is 1.65 bits per heavy atom. The average Bonchev–Trinajstić information content (AvgIpc) is 2.87. The predicted molar refractivity (Wildman–Crippen MR) is 64.5 cm³/mol. The van der Waals surface area contributed by atoms with Gasteiger partial charge in [-0.05, 0) is 6.07 Å². The van der Waals surface area contributed by atoms with Gasteiger partial charge >= 0.3 is 5.97 Å². The number of aromatic carboxylic acids is 1. The Kier molecular flexibility index (Phi) is 3.38. The van der Waals surface area contributed by atoms with Crippen LogP contribution in [0.15, 0.2) is 17.8 Å². The fourth-order valence-electron chi connectivity index (χ4n) is 1.42. The van der Waals surface area contributed by atoms with Crippen molar-refractivity contribution < 1.29 is 9.90 Å². The lowest BCUT2D eigenvalue weighted by molar-refractivity contribution is 0.0692. The molecule has 90 valence electrons.